The molecule has 0 radical (unpaired) electrons. The average molecular weight is 433 g/mol. The van der Waals surface area contributed by atoms with E-state index in [2.05, 4.69) is 16.4 Å². The Morgan fingerprint density at radius 1 is 1.13 bits per heavy atom. The lowest BCUT2D eigenvalue weighted by Crippen LogP contribution is -2.26. The van der Waals surface area contributed by atoms with Gasteiger partial charge in [0.2, 0.25) is 5.91 Å². The maximum absolute atomic E-state index is 13.2. The summed E-state index contributed by atoms with van der Waals surface area (Å²) in [5.74, 6) is -0.00548. The monoisotopic (exact) mass is 432 g/mol. The standard InChI is InChI=1S/C22H16N4O2S2/c23-12-15-7-9-16(10-8-15)26-21(28)18-5-1-2-6-19(18)25-22(26)30-14-20(27)24-13-17-4-3-11-29-17/h1-11H,13-14H2,(H,24,27). The number of benzene rings is 2. The summed E-state index contributed by atoms with van der Waals surface area (Å²) < 4.78 is 1.49. The fourth-order valence-corrected chi connectivity index (χ4v) is 4.39. The number of rotatable bonds is 6. The first-order chi connectivity index (χ1) is 14.7. The zero-order valence-electron chi connectivity index (χ0n) is 15.7. The highest BCUT2D eigenvalue weighted by molar-refractivity contribution is 7.99. The van der Waals surface area contributed by atoms with Crippen molar-refractivity contribution in [3.63, 3.8) is 0 Å². The van der Waals surface area contributed by atoms with Gasteiger partial charge < -0.3 is 5.32 Å². The van der Waals surface area contributed by atoms with Gasteiger partial charge in [-0.1, -0.05) is 30.0 Å². The van der Waals surface area contributed by atoms with Gasteiger partial charge in [-0.15, -0.1) is 11.3 Å². The van der Waals surface area contributed by atoms with Crippen LogP contribution in [0.25, 0.3) is 16.6 Å². The predicted molar refractivity (Wildman–Crippen MR) is 119 cm³/mol. The molecule has 4 aromatic rings. The highest BCUT2D eigenvalue weighted by Crippen LogP contribution is 2.21. The molecule has 0 saturated heterocycles. The minimum atomic E-state index is -0.216. The molecule has 0 aliphatic carbocycles. The third kappa shape index (κ3) is 4.27. The lowest BCUT2D eigenvalue weighted by molar-refractivity contribution is -0.118. The van der Waals surface area contributed by atoms with Gasteiger partial charge in [0.1, 0.15) is 0 Å². The molecule has 0 bridgehead atoms. The fraction of sp³-hybridized carbons (Fsp3) is 0.0909. The van der Waals surface area contributed by atoms with E-state index in [0.717, 1.165) is 4.88 Å². The zero-order chi connectivity index (χ0) is 20.9. The second-order valence-corrected chi connectivity index (χ2v) is 8.33. The van der Waals surface area contributed by atoms with Gasteiger partial charge in [0, 0.05) is 4.88 Å². The van der Waals surface area contributed by atoms with Crippen LogP contribution in [0.5, 0.6) is 0 Å². The van der Waals surface area contributed by atoms with Crippen molar-refractivity contribution in [1.82, 2.24) is 14.9 Å². The molecule has 2 aromatic heterocycles. The molecular formula is C22H16N4O2S2. The number of hydrogen-bond acceptors (Lipinski definition) is 6. The normalized spacial score (nSPS) is 10.6. The summed E-state index contributed by atoms with van der Waals surface area (Å²) in [7, 11) is 0. The molecule has 30 heavy (non-hydrogen) atoms. The van der Waals surface area contributed by atoms with Crippen molar-refractivity contribution in [2.45, 2.75) is 11.7 Å². The predicted octanol–water partition coefficient (Wildman–Crippen LogP) is 3.73. The van der Waals surface area contributed by atoms with Gasteiger partial charge in [0.05, 0.1) is 40.5 Å². The number of carbonyl (C=O) groups excluding carboxylic acids is 1. The number of fused-ring (bicyclic) bond motifs is 1. The molecular weight excluding hydrogens is 416 g/mol. The van der Waals surface area contributed by atoms with Crippen molar-refractivity contribution in [2.24, 2.45) is 0 Å². The Bertz CT molecular complexity index is 1290. The van der Waals surface area contributed by atoms with E-state index >= 15 is 0 Å². The topological polar surface area (TPSA) is 87.8 Å². The highest BCUT2D eigenvalue weighted by atomic mass is 32.2. The number of nitrogens with zero attached hydrogens (tertiary/aromatic N) is 3. The molecule has 2 aromatic carbocycles. The van der Waals surface area contributed by atoms with Gasteiger partial charge in [-0.25, -0.2) is 4.98 Å². The van der Waals surface area contributed by atoms with Crippen LogP contribution in [0.1, 0.15) is 10.4 Å². The molecule has 0 fully saturated rings. The minimum Gasteiger partial charge on any atom is -0.350 e. The van der Waals surface area contributed by atoms with Crippen molar-refractivity contribution in [1.29, 1.82) is 5.26 Å². The maximum Gasteiger partial charge on any atom is 0.266 e. The van der Waals surface area contributed by atoms with Crippen LogP contribution in [0.15, 0.2) is 76.0 Å². The van der Waals surface area contributed by atoms with Crippen LogP contribution in [0, 0.1) is 11.3 Å². The molecule has 2 heterocycles. The number of carbonyl (C=O) groups is 1. The van der Waals surface area contributed by atoms with E-state index < -0.39 is 0 Å². The average Bonchev–Trinajstić information content (AvgIpc) is 3.30. The molecule has 1 amide bonds. The second kappa shape index (κ2) is 8.95. The second-order valence-electron chi connectivity index (χ2n) is 6.36. The number of aromatic nitrogens is 2. The van der Waals surface area contributed by atoms with Gasteiger partial charge in [0.25, 0.3) is 5.56 Å². The van der Waals surface area contributed by atoms with E-state index in [-0.39, 0.29) is 17.2 Å². The van der Waals surface area contributed by atoms with E-state index in [1.54, 1.807) is 53.8 Å². The van der Waals surface area contributed by atoms with Crippen molar-refractivity contribution in [2.75, 3.05) is 5.75 Å². The molecule has 0 unspecified atom stereocenters. The molecule has 148 valence electrons. The van der Waals surface area contributed by atoms with E-state index in [0.29, 0.717) is 33.9 Å². The largest absolute Gasteiger partial charge is 0.350 e. The lowest BCUT2D eigenvalue weighted by Gasteiger charge is -2.13. The van der Waals surface area contributed by atoms with E-state index in [1.165, 1.54) is 16.3 Å². The molecule has 0 aliphatic rings. The van der Waals surface area contributed by atoms with E-state index in [9.17, 15) is 9.59 Å². The molecule has 4 rings (SSSR count). The third-order valence-corrected chi connectivity index (χ3v) is 6.19. The van der Waals surface area contributed by atoms with E-state index in [1.807, 2.05) is 23.6 Å². The first kappa shape index (κ1) is 19.9. The highest BCUT2D eigenvalue weighted by Gasteiger charge is 2.15. The van der Waals surface area contributed by atoms with Crippen molar-refractivity contribution >= 4 is 39.9 Å². The van der Waals surface area contributed by atoms with Crippen LogP contribution in [0.3, 0.4) is 0 Å². The van der Waals surface area contributed by atoms with Crippen molar-refractivity contribution in [3.05, 3.63) is 86.8 Å². The maximum atomic E-state index is 13.2. The molecule has 0 atom stereocenters. The molecule has 0 saturated carbocycles. The Hall–Kier alpha value is -3.41. The van der Waals surface area contributed by atoms with E-state index in [4.69, 9.17) is 5.26 Å². The number of amides is 1. The quantitative estimate of drug-likeness (QED) is 0.371. The summed E-state index contributed by atoms with van der Waals surface area (Å²) in [5.41, 5.74) is 1.46. The summed E-state index contributed by atoms with van der Waals surface area (Å²) in [4.78, 5) is 31.2. The first-order valence-electron chi connectivity index (χ1n) is 9.10. The summed E-state index contributed by atoms with van der Waals surface area (Å²) in [6.07, 6.45) is 0. The Morgan fingerprint density at radius 3 is 2.67 bits per heavy atom. The smallest absolute Gasteiger partial charge is 0.266 e. The fourth-order valence-electron chi connectivity index (χ4n) is 2.90. The van der Waals surface area contributed by atoms with Crippen LogP contribution < -0.4 is 10.9 Å². The van der Waals surface area contributed by atoms with Crippen LogP contribution in [0.4, 0.5) is 0 Å². The molecule has 6 nitrogen and oxygen atoms in total. The first-order valence-corrected chi connectivity index (χ1v) is 11.0. The number of thiophene rings is 1. The molecule has 0 aliphatic heterocycles. The SMILES string of the molecule is N#Cc1ccc(-n2c(SCC(=O)NCc3cccs3)nc3ccccc3c2=O)cc1. The number of nitriles is 1. The zero-order valence-corrected chi connectivity index (χ0v) is 17.4. The van der Waals surface area contributed by atoms with Gasteiger partial charge in [-0.05, 0) is 47.8 Å². The van der Waals surface area contributed by atoms with Crippen molar-refractivity contribution < 1.29 is 4.79 Å². The van der Waals surface area contributed by atoms with Crippen LogP contribution in [-0.2, 0) is 11.3 Å². The summed E-state index contributed by atoms with van der Waals surface area (Å²) in [6, 6.07) is 19.8. The molecule has 0 spiro atoms. The lowest BCUT2D eigenvalue weighted by atomic mass is 10.2. The van der Waals surface area contributed by atoms with Crippen LogP contribution in [-0.4, -0.2) is 21.2 Å². The number of para-hydroxylation sites is 1. The molecule has 8 heteroatoms. The number of thioether (sulfide) groups is 1. The summed E-state index contributed by atoms with van der Waals surface area (Å²) in [6.45, 7) is 0.477. The number of nitrogens with one attached hydrogen (secondary N) is 1. The third-order valence-electron chi connectivity index (χ3n) is 4.37. The Kier molecular flexibility index (Phi) is 5.93. The number of hydrogen-bond donors (Lipinski definition) is 1. The Morgan fingerprint density at radius 2 is 1.93 bits per heavy atom. The van der Waals surface area contributed by atoms with Crippen molar-refractivity contribution in [3.8, 4) is 11.8 Å². The van der Waals surface area contributed by atoms with Gasteiger partial charge in [0.15, 0.2) is 5.16 Å². The van der Waals surface area contributed by atoms with Gasteiger partial charge in [-0.3, -0.25) is 14.2 Å². The van der Waals surface area contributed by atoms with Gasteiger partial charge >= 0.3 is 0 Å². The molecule has 1 N–H and O–H groups in total. The van der Waals surface area contributed by atoms with Crippen LogP contribution >= 0.6 is 23.1 Å². The minimum absolute atomic E-state index is 0.131. The Labute approximate surface area is 180 Å². The van der Waals surface area contributed by atoms with Gasteiger partial charge in [-0.2, -0.15) is 5.26 Å². The Balaban J connectivity index is 1.64. The summed E-state index contributed by atoms with van der Waals surface area (Å²) in [5, 5.41) is 14.8. The summed E-state index contributed by atoms with van der Waals surface area (Å²) >= 11 is 2.79. The van der Waals surface area contributed by atoms with Crippen LogP contribution in [0.2, 0.25) is 0 Å².